The van der Waals surface area contributed by atoms with E-state index in [0.29, 0.717) is 47.3 Å². The van der Waals surface area contributed by atoms with E-state index in [4.69, 9.17) is 16.3 Å². The SMILES string of the molecule is COc1ccc(Cl)cc1C(=O)NCCc1ccc(S(=O)(=O)N2CCCC2)cc1. The molecular formula is C20H23ClN2O4S. The van der Waals surface area contributed by atoms with Crippen LogP contribution in [0.25, 0.3) is 0 Å². The fourth-order valence-electron chi connectivity index (χ4n) is 3.18. The molecule has 1 N–H and O–H groups in total. The maximum Gasteiger partial charge on any atom is 0.255 e. The number of hydrogen-bond donors (Lipinski definition) is 1. The first kappa shape index (κ1) is 20.6. The Morgan fingerprint density at radius 3 is 2.46 bits per heavy atom. The summed E-state index contributed by atoms with van der Waals surface area (Å²) >= 11 is 5.96. The lowest BCUT2D eigenvalue weighted by atomic mass is 10.1. The van der Waals surface area contributed by atoms with Crippen LogP contribution in [0.3, 0.4) is 0 Å². The van der Waals surface area contributed by atoms with Crippen molar-refractivity contribution in [2.45, 2.75) is 24.2 Å². The molecule has 0 spiro atoms. The molecule has 3 rings (SSSR count). The van der Waals surface area contributed by atoms with Gasteiger partial charge in [0.05, 0.1) is 17.6 Å². The number of nitrogens with one attached hydrogen (secondary N) is 1. The van der Waals surface area contributed by atoms with Gasteiger partial charge in [-0.15, -0.1) is 0 Å². The first-order valence-electron chi connectivity index (χ1n) is 9.12. The van der Waals surface area contributed by atoms with Crippen molar-refractivity contribution >= 4 is 27.5 Å². The van der Waals surface area contributed by atoms with Crippen molar-refractivity contribution in [1.82, 2.24) is 9.62 Å². The van der Waals surface area contributed by atoms with Crippen LogP contribution in [0.5, 0.6) is 5.75 Å². The van der Waals surface area contributed by atoms with Crippen LogP contribution in [0.1, 0.15) is 28.8 Å². The number of methoxy groups -OCH3 is 1. The fourth-order valence-corrected chi connectivity index (χ4v) is 4.87. The lowest BCUT2D eigenvalue weighted by molar-refractivity contribution is 0.0951. The predicted molar refractivity (Wildman–Crippen MR) is 108 cm³/mol. The van der Waals surface area contributed by atoms with E-state index in [-0.39, 0.29) is 5.91 Å². The monoisotopic (exact) mass is 422 g/mol. The van der Waals surface area contributed by atoms with E-state index in [9.17, 15) is 13.2 Å². The Morgan fingerprint density at radius 2 is 1.82 bits per heavy atom. The molecule has 0 radical (unpaired) electrons. The van der Waals surface area contributed by atoms with E-state index in [1.165, 1.54) is 11.4 Å². The summed E-state index contributed by atoms with van der Waals surface area (Å²) in [4.78, 5) is 12.7. The molecule has 8 heteroatoms. The van der Waals surface area contributed by atoms with E-state index in [2.05, 4.69) is 5.32 Å². The number of carbonyl (C=O) groups is 1. The molecule has 150 valence electrons. The molecule has 1 heterocycles. The number of halogens is 1. The van der Waals surface area contributed by atoms with Crippen molar-refractivity contribution in [2.75, 3.05) is 26.7 Å². The number of benzene rings is 2. The van der Waals surface area contributed by atoms with Crippen LogP contribution >= 0.6 is 11.6 Å². The lowest BCUT2D eigenvalue weighted by Crippen LogP contribution is -2.28. The van der Waals surface area contributed by atoms with Gasteiger partial charge in [0.15, 0.2) is 0 Å². The largest absolute Gasteiger partial charge is 0.496 e. The summed E-state index contributed by atoms with van der Waals surface area (Å²) in [6.45, 7) is 1.58. The van der Waals surface area contributed by atoms with E-state index in [1.807, 2.05) is 0 Å². The predicted octanol–water partition coefficient (Wildman–Crippen LogP) is 3.11. The summed E-state index contributed by atoms with van der Waals surface area (Å²) in [6, 6.07) is 11.7. The molecule has 1 aliphatic rings. The van der Waals surface area contributed by atoms with Gasteiger partial charge in [-0.05, 0) is 55.2 Å². The molecule has 2 aromatic carbocycles. The van der Waals surface area contributed by atoms with E-state index in [1.54, 1.807) is 42.5 Å². The number of hydrogen-bond acceptors (Lipinski definition) is 4. The molecule has 1 fully saturated rings. The Morgan fingerprint density at radius 1 is 1.14 bits per heavy atom. The third-order valence-electron chi connectivity index (χ3n) is 4.73. The Balaban J connectivity index is 1.58. The lowest BCUT2D eigenvalue weighted by Gasteiger charge is -2.15. The van der Waals surface area contributed by atoms with E-state index < -0.39 is 10.0 Å². The molecule has 0 unspecified atom stereocenters. The summed E-state index contributed by atoms with van der Waals surface area (Å²) in [5.41, 5.74) is 1.32. The molecule has 0 aromatic heterocycles. The zero-order valence-electron chi connectivity index (χ0n) is 15.7. The van der Waals surface area contributed by atoms with Gasteiger partial charge >= 0.3 is 0 Å². The number of ether oxygens (including phenoxy) is 1. The maximum absolute atomic E-state index is 12.5. The van der Waals surface area contributed by atoms with Crippen LogP contribution in [0.4, 0.5) is 0 Å². The average molecular weight is 423 g/mol. The Kier molecular flexibility index (Phi) is 6.59. The topological polar surface area (TPSA) is 75.7 Å². The van der Waals surface area contributed by atoms with Gasteiger partial charge in [0, 0.05) is 24.7 Å². The van der Waals surface area contributed by atoms with Crippen molar-refractivity contribution in [3.05, 3.63) is 58.6 Å². The standard InChI is InChI=1S/C20H23ClN2O4S/c1-27-19-9-6-16(21)14-18(19)20(24)22-11-10-15-4-7-17(8-5-15)28(25,26)23-12-2-3-13-23/h4-9,14H,2-3,10-13H2,1H3,(H,22,24). The second kappa shape index (κ2) is 8.94. The van der Waals surface area contributed by atoms with Crippen LogP contribution in [-0.2, 0) is 16.4 Å². The Labute approximate surface area is 170 Å². The number of carbonyl (C=O) groups excluding carboxylic acids is 1. The molecule has 1 amide bonds. The molecular weight excluding hydrogens is 400 g/mol. The zero-order valence-corrected chi connectivity index (χ0v) is 17.2. The van der Waals surface area contributed by atoms with E-state index in [0.717, 1.165) is 18.4 Å². The highest BCUT2D eigenvalue weighted by molar-refractivity contribution is 7.89. The number of sulfonamides is 1. The summed E-state index contributed by atoms with van der Waals surface area (Å²) < 4.78 is 31.8. The molecule has 0 bridgehead atoms. The van der Waals surface area contributed by atoms with Crippen molar-refractivity contribution < 1.29 is 17.9 Å². The third kappa shape index (κ3) is 4.66. The minimum Gasteiger partial charge on any atom is -0.496 e. The van der Waals surface area contributed by atoms with Gasteiger partial charge in [0.2, 0.25) is 10.0 Å². The van der Waals surface area contributed by atoms with Gasteiger partial charge in [-0.3, -0.25) is 4.79 Å². The minimum absolute atomic E-state index is 0.271. The van der Waals surface area contributed by atoms with Crippen molar-refractivity contribution in [3.8, 4) is 5.75 Å². The maximum atomic E-state index is 12.5. The molecule has 1 aliphatic heterocycles. The van der Waals surface area contributed by atoms with Gasteiger partial charge in [-0.25, -0.2) is 8.42 Å². The zero-order chi connectivity index (χ0) is 20.1. The highest BCUT2D eigenvalue weighted by Crippen LogP contribution is 2.23. The van der Waals surface area contributed by atoms with Gasteiger partial charge in [0.25, 0.3) is 5.91 Å². The average Bonchev–Trinajstić information content (AvgIpc) is 3.24. The van der Waals surface area contributed by atoms with Gasteiger partial charge in [-0.1, -0.05) is 23.7 Å². The highest BCUT2D eigenvalue weighted by Gasteiger charge is 2.26. The first-order valence-corrected chi connectivity index (χ1v) is 10.9. The van der Waals surface area contributed by atoms with Crippen molar-refractivity contribution in [2.24, 2.45) is 0 Å². The number of nitrogens with zero attached hydrogens (tertiary/aromatic N) is 1. The highest BCUT2D eigenvalue weighted by atomic mass is 35.5. The number of amides is 1. The molecule has 6 nitrogen and oxygen atoms in total. The molecule has 0 atom stereocenters. The van der Waals surface area contributed by atoms with Crippen LogP contribution < -0.4 is 10.1 Å². The van der Waals surface area contributed by atoms with E-state index >= 15 is 0 Å². The Hall–Kier alpha value is -2.09. The third-order valence-corrected chi connectivity index (χ3v) is 6.88. The fraction of sp³-hybridized carbons (Fsp3) is 0.350. The van der Waals surface area contributed by atoms with Crippen LogP contribution in [0, 0.1) is 0 Å². The quantitative estimate of drug-likeness (QED) is 0.743. The molecule has 0 saturated carbocycles. The summed E-state index contributed by atoms with van der Waals surface area (Å²) in [5.74, 6) is 0.186. The smallest absolute Gasteiger partial charge is 0.255 e. The summed E-state index contributed by atoms with van der Waals surface area (Å²) in [5, 5.41) is 3.29. The first-order chi connectivity index (χ1) is 13.4. The van der Waals surface area contributed by atoms with Gasteiger partial charge in [0.1, 0.15) is 5.75 Å². The molecule has 0 aliphatic carbocycles. The normalized spacial score (nSPS) is 14.8. The summed E-state index contributed by atoms with van der Waals surface area (Å²) in [6.07, 6.45) is 2.40. The van der Waals surface area contributed by atoms with Crippen molar-refractivity contribution in [1.29, 1.82) is 0 Å². The van der Waals surface area contributed by atoms with Gasteiger partial charge < -0.3 is 10.1 Å². The minimum atomic E-state index is -3.40. The van der Waals surface area contributed by atoms with Crippen LogP contribution in [-0.4, -0.2) is 45.4 Å². The molecule has 1 saturated heterocycles. The number of rotatable bonds is 7. The Bertz CT molecular complexity index is 939. The van der Waals surface area contributed by atoms with Gasteiger partial charge in [-0.2, -0.15) is 4.31 Å². The second-order valence-corrected chi connectivity index (χ2v) is 8.98. The van der Waals surface area contributed by atoms with Crippen LogP contribution in [0.2, 0.25) is 5.02 Å². The summed E-state index contributed by atoms with van der Waals surface area (Å²) in [7, 11) is -1.90. The molecule has 2 aromatic rings. The van der Waals surface area contributed by atoms with Crippen LogP contribution in [0.15, 0.2) is 47.4 Å². The second-order valence-electron chi connectivity index (χ2n) is 6.61. The van der Waals surface area contributed by atoms with Crippen molar-refractivity contribution in [3.63, 3.8) is 0 Å². The molecule has 28 heavy (non-hydrogen) atoms.